The molecule has 0 saturated carbocycles. The summed E-state index contributed by atoms with van der Waals surface area (Å²) in [6.45, 7) is 3.95. The van der Waals surface area contributed by atoms with E-state index in [9.17, 15) is 9.59 Å². The van der Waals surface area contributed by atoms with E-state index >= 15 is 0 Å². The molecule has 0 unspecified atom stereocenters. The fraction of sp³-hybridized carbons (Fsp3) is 0.600. The molecule has 2 amide bonds. The molecule has 0 radical (unpaired) electrons. The smallest absolute Gasteiger partial charge is 0.309 e. The average Bonchev–Trinajstić information content (AvgIpc) is 3.24. The van der Waals surface area contributed by atoms with Gasteiger partial charge in [-0.25, -0.2) is 0 Å². The Morgan fingerprint density at radius 2 is 1.96 bits per heavy atom. The lowest BCUT2D eigenvalue weighted by Gasteiger charge is -2.30. The van der Waals surface area contributed by atoms with Crippen molar-refractivity contribution in [2.75, 3.05) is 39.4 Å². The number of ether oxygens (including phenoxy) is 1. The molecule has 3 rings (SSSR count). The Balaban J connectivity index is 1.45. The van der Waals surface area contributed by atoms with Crippen LogP contribution in [0.25, 0.3) is 0 Å². The number of allylic oxidation sites excluding steroid dienone is 1. The van der Waals surface area contributed by atoms with E-state index in [1.807, 2.05) is 12.1 Å². The second-order valence-electron chi connectivity index (χ2n) is 7.16. The van der Waals surface area contributed by atoms with E-state index in [1.165, 1.54) is 23.3 Å². The number of hydrogen-bond donors (Lipinski definition) is 3. The Bertz CT molecular complexity index is 636. The van der Waals surface area contributed by atoms with E-state index in [4.69, 9.17) is 9.15 Å². The molecule has 7 nitrogen and oxygen atoms in total. The summed E-state index contributed by atoms with van der Waals surface area (Å²) < 4.78 is 11.0. The molecule has 148 valence electrons. The topological polar surface area (TPSA) is 85.0 Å². The number of rotatable bonds is 7. The summed E-state index contributed by atoms with van der Waals surface area (Å²) >= 11 is 0. The van der Waals surface area contributed by atoms with Gasteiger partial charge in [-0.05, 0) is 44.2 Å². The van der Waals surface area contributed by atoms with Gasteiger partial charge in [0.25, 0.3) is 0 Å². The highest BCUT2D eigenvalue weighted by atomic mass is 16.5. The molecule has 1 aliphatic heterocycles. The van der Waals surface area contributed by atoms with Crippen molar-refractivity contribution in [1.29, 1.82) is 0 Å². The molecule has 1 fully saturated rings. The number of quaternary nitrogens is 1. The summed E-state index contributed by atoms with van der Waals surface area (Å²) in [6, 6.07) is 3.74. The average molecular weight is 376 g/mol. The summed E-state index contributed by atoms with van der Waals surface area (Å²) in [6.07, 6.45) is 9.42. The fourth-order valence-electron chi connectivity index (χ4n) is 3.74. The van der Waals surface area contributed by atoms with Crippen LogP contribution >= 0.6 is 0 Å². The van der Waals surface area contributed by atoms with Gasteiger partial charge in [-0.15, -0.1) is 0 Å². The summed E-state index contributed by atoms with van der Waals surface area (Å²) in [7, 11) is 0. The van der Waals surface area contributed by atoms with Crippen molar-refractivity contribution in [3.05, 3.63) is 35.8 Å². The highest BCUT2D eigenvalue weighted by molar-refractivity contribution is 6.35. The van der Waals surface area contributed by atoms with Crippen LogP contribution in [0.2, 0.25) is 0 Å². The van der Waals surface area contributed by atoms with E-state index in [2.05, 4.69) is 16.7 Å². The largest absolute Gasteiger partial charge is 0.463 e. The first-order valence-corrected chi connectivity index (χ1v) is 9.93. The van der Waals surface area contributed by atoms with Crippen LogP contribution in [0.3, 0.4) is 0 Å². The van der Waals surface area contributed by atoms with Gasteiger partial charge in [-0.3, -0.25) is 9.59 Å². The zero-order valence-corrected chi connectivity index (χ0v) is 15.8. The molecular weight excluding hydrogens is 346 g/mol. The third kappa shape index (κ3) is 5.94. The van der Waals surface area contributed by atoms with Gasteiger partial charge in [0.2, 0.25) is 0 Å². The Morgan fingerprint density at radius 3 is 2.67 bits per heavy atom. The van der Waals surface area contributed by atoms with Gasteiger partial charge in [-0.2, -0.15) is 0 Å². The van der Waals surface area contributed by atoms with Crippen molar-refractivity contribution in [3.8, 4) is 0 Å². The Kier molecular flexibility index (Phi) is 7.47. The number of morpholine rings is 1. The molecule has 3 N–H and O–H groups in total. The molecule has 1 aromatic rings. The van der Waals surface area contributed by atoms with Gasteiger partial charge in [-0.1, -0.05) is 11.6 Å². The van der Waals surface area contributed by atoms with Crippen LogP contribution in [0.1, 0.15) is 43.9 Å². The zero-order chi connectivity index (χ0) is 18.9. The lowest BCUT2D eigenvalue weighted by molar-refractivity contribution is -0.938. The third-order valence-corrected chi connectivity index (χ3v) is 5.30. The van der Waals surface area contributed by atoms with Crippen LogP contribution in [0.4, 0.5) is 0 Å². The molecule has 1 aromatic heterocycles. The molecule has 7 heteroatoms. The molecule has 0 bridgehead atoms. The first-order valence-electron chi connectivity index (χ1n) is 9.93. The fourth-order valence-corrected chi connectivity index (χ4v) is 3.74. The minimum atomic E-state index is -0.586. The number of carbonyl (C=O) groups excluding carboxylic acids is 2. The van der Waals surface area contributed by atoms with Crippen LogP contribution in [0, 0.1) is 0 Å². The summed E-state index contributed by atoms with van der Waals surface area (Å²) in [4.78, 5) is 25.5. The van der Waals surface area contributed by atoms with E-state index in [0.29, 0.717) is 26.3 Å². The van der Waals surface area contributed by atoms with Crippen molar-refractivity contribution in [2.24, 2.45) is 0 Å². The number of hydrogen-bond acceptors (Lipinski definition) is 4. The van der Waals surface area contributed by atoms with Crippen molar-refractivity contribution < 1.29 is 23.6 Å². The van der Waals surface area contributed by atoms with Crippen LogP contribution < -0.4 is 15.5 Å². The zero-order valence-electron chi connectivity index (χ0n) is 15.8. The predicted molar refractivity (Wildman–Crippen MR) is 100 cm³/mol. The first-order chi connectivity index (χ1) is 13.2. The van der Waals surface area contributed by atoms with Gasteiger partial charge in [0.1, 0.15) is 13.1 Å². The Morgan fingerprint density at radius 1 is 1.15 bits per heavy atom. The van der Waals surface area contributed by atoms with Crippen molar-refractivity contribution in [2.45, 2.75) is 38.1 Å². The van der Waals surface area contributed by atoms with E-state index in [-0.39, 0.29) is 6.04 Å². The van der Waals surface area contributed by atoms with Gasteiger partial charge in [0.15, 0.2) is 11.8 Å². The SMILES string of the molecule is O=C(NCCC1=CCCCC1)C(=O)NC[C@H](c1ccco1)[NH+]1CCOCC1. The maximum atomic E-state index is 12.2. The number of furan rings is 1. The second kappa shape index (κ2) is 10.3. The lowest BCUT2D eigenvalue weighted by atomic mass is 9.97. The van der Waals surface area contributed by atoms with E-state index < -0.39 is 11.8 Å². The van der Waals surface area contributed by atoms with Crippen molar-refractivity contribution in [3.63, 3.8) is 0 Å². The van der Waals surface area contributed by atoms with Crippen molar-refractivity contribution in [1.82, 2.24) is 10.6 Å². The number of carbonyl (C=O) groups is 2. The maximum absolute atomic E-state index is 12.2. The minimum Gasteiger partial charge on any atom is -0.463 e. The first kappa shape index (κ1) is 19.6. The van der Waals surface area contributed by atoms with E-state index in [0.717, 1.165) is 38.1 Å². The molecule has 27 heavy (non-hydrogen) atoms. The molecule has 0 spiro atoms. The molecule has 1 aliphatic carbocycles. The second-order valence-corrected chi connectivity index (χ2v) is 7.16. The molecule has 1 atom stereocenters. The number of nitrogens with one attached hydrogen (secondary N) is 3. The standard InChI is InChI=1S/C20H29N3O4/c24-19(21-9-8-16-5-2-1-3-6-16)20(25)22-15-17(18-7-4-12-27-18)23-10-13-26-14-11-23/h4-5,7,12,17H,1-3,6,8-11,13-15H2,(H,21,24)(H,22,25)/p+1/t17-/m1/s1. The molecule has 2 heterocycles. The highest BCUT2D eigenvalue weighted by Gasteiger charge is 2.29. The molecule has 0 aromatic carbocycles. The summed E-state index contributed by atoms with van der Waals surface area (Å²) in [5.41, 5.74) is 1.38. The van der Waals surface area contributed by atoms with Gasteiger partial charge < -0.3 is 24.7 Å². The monoisotopic (exact) mass is 376 g/mol. The molecule has 1 saturated heterocycles. The maximum Gasteiger partial charge on any atom is 0.309 e. The minimum absolute atomic E-state index is 0.0203. The summed E-state index contributed by atoms with van der Waals surface area (Å²) in [5.74, 6) is -0.338. The Labute approximate surface area is 160 Å². The van der Waals surface area contributed by atoms with Crippen LogP contribution in [-0.2, 0) is 14.3 Å². The normalized spacial score (nSPS) is 19.2. The van der Waals surface area contributed by atoms with Crippen LogP contribution in [0.15, 0.2) is 34.5 Å². The molecular formula is C20H30N3O4+. The van der Waals surface area contributed by atoms with Gasteiger partial charge >= 0.3 is 11.8 Å². The molecule has 2 aliphatic rings. The highest BCUT2D eigenvalue weighted by Crippen LogP contribution is 2.19. The third-order valence-electron chi connectivity index (χ3n) is 5.30. The van der Waals surface area contributed by atoms with Crippen LogP contribution in [0.5, 0.6) is 0 Å². The van der Waals surface area contributed by atoms with Crippen LogP contribution in [-0.4, -0.2) is 51.2 Å². The van der Waals surface area contributed by atoms with E-state index in [1.54, 1.807) is 6.26 Å². The lowest BCUT2D eigenvalue weighted by Crippen LogP contribution is -3.15. The van der Waals surface area contributed by atoms with Crippen molar-refractivity contribution >= 4 is 11.8 Å². The van der Waals surface area contributed by atoms with Gasteiger partial charge in [0, 0.05) is 6.54 Å². The van der Waals surface area contributed by atoms with Gasteiger partial charge in [0.05, 0.1) is 26.0 Å². The summed E-state index contributed by atoms with van der Waals surface area (Å²) in [5, 5.41) is 5.50. The predicted octanol–water partition coefficient (Wildman–Crippen LogP) is 0.359. The quantitative estimate of drug-likeness (QED) is 0.474. The number of amides is 2. The Hall–Kier alpha value is -2.12.